The summed E-state index contributed by atoms with van der Waals surface area (Å²) in [6, 6.07) is 0. The molecule has 0 atom stereocenters. The molecule has 2 rings (SSSR count). The second-order valence-corrected chi connectivity index (χ2v) is 4.68. The minimum atomic E-state index is -0.0384. The lowest BCUT2D eigenvalue weighted by Gasteiger charge is -2.33. The summed E-state index contributed by atoms with van der Waals surface area (Å²) in [5.74, 6) is 0.612. The summed E-state index contributed by atoms with van der Waals surface area (Å²) in [7, 11) is 0. The normalized spacial score (nSPS) is 15.9. The third kappa shape index (κ3) is 3.54. The Labute approximate surface area is 119 Å². The third-order valence-electron chi connectivity index (χ3n) is 3.41. The maximum Gasteiger partial charge on any atom is 0.274 e. The Kier molecular flexibility index (Phi) is 5.06. The van der Waals surface area contributed by atoms with Crippen molar-refractivity contribution in [1.82, 2.24) is 19.8 Å². The molecule has 1 aliphatic heterocycles. The zero-order valence-electron chi connectivity index (χ0n) is 11.9. The van der Waals surface area contributed by atoms with Crippen molar-refractivity contribution in [2.45, 2.75) is 6.92 Å². The van der Waals surface area contributed by atoms with E-state index in [1.165, 1.54) is 6.20 Å². The number of carbonyl (C=O) groups is 1. The Bertz CT molecular complexity index is 451. The van der Waals surface area contributed by atoms with E-state index in [0.29, 0.717) is 18.1 Å². The van der Waals surface area contributed by atoms with E-state index < -0.39 is 0 Å². The van der Waals surface area contributed by atoms with Crippen molar-refractivity contribution in [3.05, 3.63) is 30.7 Å². The lowest BCUT2D eigenvalue weighted by Crippen LogP contribution is -2.48. The smallest absolute Gasteiger partial charge is 0.274 e. The van der Waals surface area contributed by atoms with Crippen molar-refractivity contribution in [1.29, 1.82) is 0 Å². The maximum absolute atomic E-state index is 12.3. The van der Waals surface area contributed by atoms with E-state index in [0.717, 1.165) is 32.7 Å². The Morgan fingerprint density at radius 2 is 2.10 bits per heavy atom. The molecule has 1 aromatic heterocycles. The molecule has 6 heteroatoms. The van der Waals surface area contributed by atoms with E-state index in [2.05, 4.69) is 33.7 Å². The van der Waals surface area contributed by atoms with Crippen LogP contribution in [0.1, 0.15) is 17.4 Å². The number of piperazine rings is 1. The van der Waals surface area contributed by atoms with E-state index in [1.54, 1.807) is 12.3 Å². The first-order valence-electron chi connectivity index (χ1n) is 6.93. The van der Waals surface area contributed by atoms with Crippen molar-refractivity contribution < 1.29 is 4.79 Å². The van der Waals surface area contributed by atoms with Crippen LogP contribution in [-0.2, 0) is 0 Å². The van der Waals surface area contributed by atoms with Crippen LogP contribution in [0.5, 0.6) is 0 Å². The second-order valence-electron chi connectivity index (χ2n) is 4.68. The number of nitrogens with zero attached hydrogens (tertiary/aromatic N) is 4. The molecule has 0 bridgehead atoms. The van der Waals surface area contributed by atoms with E-state index in [9.17, 15) is 4.79 Å². The van der Waals surface area contributed by atoms with Gasteiger partial charge in [0.15, 0.2) is 0 Å². The standard InChI is InChI=1S/C14H21N5O/c1-3-5-15-13-11-16-12(10-17-13)14(20)19-8-6-18(4-2)7-9-19/h3,10-11H,1,4-9H2,2H3,(H,15,17). The summed E-state index contributed by atoms with van der Waals surface area (Å²) in [5, 5.41) is 3.03. The minimum absolute atomic E-state index is 0.0384. The first-order chi connectivity index (χ1) is 9.74. The predicted octanol–water partition coefficient (Wildman–Crippen LogP) is 0.852. The van der Waals surface area contributed by atoms with Crippen molar-refractivity contribution >= 4 is 11.7 Å². The molecule has 1 aromatic rings. The van der Waals surface area contributed by atoms with Crippen molar-refractivity contribution in [3.8, 4) is 0 Å². The van der Waals surface area contributed by atoms with Crippen LogP contribution in [0.25, 0.3) is 0 Å². The molecule has 1 amide bonds. The Morgan fingerprint density at radius 1 is 1.35 bits per heavy atom. The molecular weight excluding hydrogens is 254 g/mol. The number of aromatic nitrogens is 2. The van der Waals surface area contributed by atoms with Gasteiger partial charge in [-0.25, -0.2) is 9.97 Å². The molecule has 0 aromatic carbocycles. The first kappa shape index (κ1) is 14.5. The van der Waals surface area contributed by atoms with Crippen LogP contribution in [0.15, 0.2) is 25.0 Å². The minimum Gasteiger partial charge on any atom is -0.365 e. The number of hydrogen-bond donors (Lipinski definition) is 1. The van der Waals surface area contributed by atoms with Crippen LogP contribution in [0.3, 0.4) is 0 Å². The SMILES string of the molecule is C=CCNc1cnc(C(=O)N2CCN(CC)CC2)cn1. The van der Waals surface area contributed by atoms with Crippen LogP contribution in [0.4, 0.5) is 5.82 Å². The maximum atomic E-state index is 12.3. The van der Waals surface area contributed by atoms with Gasteiger partial charge in [-0.15, -0.1) is 6.58 Å². The zero-order valence-corrected chi connectivity index (χ0v) is 11.9. The fraction of sp³-hybridized carbons (Fsp3) is 0.500. The highest BCUT2D eigenvalue weighted by molar-refractivity contribution is 5.92. The summed E-state index contributed by atoms with van der Waals surface area (Å²) in [6.45, 7) is 10.8. The van der Waals surface area contributed by atoms with Gasteiger partial charge in [0, 0.05) is 32.7 Å². The average molecular weight is 275 g/mol. The Balaban J connectivity index is 1.94. The van der Waals surface area contributed by atoms with Crippen LogP contribution in [-0.4, -0.2) is 64.9 Å². The number of anilines is 1. The van der Waals surface area contributed by atoms with E-state index in [4.69, 9.17) is 0 Å². The molecule has 1 fully saturated rings. The van der Waals surface area contributed by atoms with E-state index in [1.807, 2.05) is 4.90 Å². The highest BCUT2D eigenvalue weighted by atomic mass is 16.2. The lowest BCUT2D eigenvalue weighted by atomic mass is 10.3. The predicted molar refractivity (Wildman–Crippen MR) is 78.7 cm³/mol. The highest BCUT2D eigenvalue weighted by Crippen LogP contribution is 2.07. The van der Waals surface area contributed by atoms with Gasteiger partial charge in [-0.1, -0.05) is 13.0 Å². The number of amides is 1. The summed E-state index contributed by atoms with van der Waals surface area (Å²) in [6.07, 6.45) is 4.85. The number of likely N-dealkylation sites (N-methyl/N-ethyl adjacent to an activating group) is 1. The molecule has 1 N–H and O–H groups in total. The number of carbonyl (C=O) groups excluding carboxylic acids is 1. The summed E-state index contributed by atoms with van der Waals surface area (Å²) < 4.78 is 0. The topological polar surface area (TPSA) is 61.4 Å². The van der Waals surface area contributed by atoms with Gasteiger partial charge in [0.2, 0.25) is 0 Å². The molecule has 1 saturated heterocycles. The Morgan fingerprint density at radius 3 is 2.65 bits per heavy atom. The number of nitrogens with one attached hydrogen (secondary N) is 1. The van der Waals surface area contributed by atoms with Crippen LogP contribution in [0.2, 0.25) is 0 Å². The first-order valence-corrected chi connectivity index (χ1v) is 6.93. The summed E-state index contributed by atoms with van der Waals surface area (Å²) in [5.41, 5.74) is 0.402. The molecule has 0 radical (unpaired) electrons. The van der Waals surface area contributed by atoms with Gasteiger partial charge < -0.3 is 15.1 Å². The summed E-state index contributed by atoms with van der Waals surface area (Å²) in [4.78, 5) is 24.8. The van der Waals surface area contributed by atoms with E-state index >= 15 is 0 Å². The molecule has 108 valence electrons. The number of hydrogen-bond acceptors (Lipinski definition) is 5. The van der Waals surface area contributed by atoms with Gasteiger partial charge in [0.1, 0.15) is 11.5 Å². The van der Waals surface area contributed by atoms with Crippen LogP contribution < -0.4 is 5.32 Å². The molecule has 0 aliphatic carbocycles. The monoisotopic (exact) mass is 275 g/mol. The second kappa shape index (κ2) is 7.00. The third-order valence-corrected chi connectivity index (χ3v) is 3.41. The van der Waals surface area contributed by atoms with Gasteiger partial charge in [-0.2, -0.15) is 0 Å². The molecular formula is C14H21N5O. The van der Waals surface area contributed by atoms with Gasteiger partial charge >= 0.3 is 0 Å². The zero-order chi connectivity index (χ0) is 14.4. The molecule has 20 heavy (non-hydrogen) atoms. The number of rotatable bonds is 5. The van der Waals surface area contributed by atoms with Gasteiger partial charge in [-0.3, -0.25) is 4.79 Å². The fourth-order valence-electron chi connectivity index (χ4n) is 2.14. The largest absolute Gasteiger partial charge is 0.365 e. The van der Waals surface area contributed by atoms with Gasteiger partial charge in [0.25, 0.3) is 5.91 Å². The van der Waals surface area contributed by atoms with Gasteiger partial charge in [0.05, 0.1) is 12.4 Å². The fourth-order valence-corrected chi connectivity index (χ4v) is 2.14. The molecule has 6 nitrogen and oxygen atoms in total. The van der Waals surface area contributed by atoms with Crippen molar-refractivity contribution in [2.24, 2.45) is 0 Å². The Hall–Kier alpha value is -1.95. The molecule has 0 spiro atoms. The quantitative estimate of drug-likeness (QED) is 0.807. The van der Waals surface area contributed by atoms with E-state index in [-0.39, 0.29) is 5.91 Å². The lowest BCUT2D eigenvalue weighted by molar-refractivity contribution is 0.0637. The average Bonchev–Trinajstić information content (AvgIpc) is 2.53. The molecule has 1 aliphatic rings. The molecule has 0 saturated carbocycles. The van der Waals surface area contributed by atoms with Crippen LogP contribution in [0, 0.1) is 0 Å². The van der Waals surface area contributed by atoms with Crippen molar-refractivity contribution in [2.75, 3.05) is 44.6 Å². The highest BCUT2D eigenvalue weighted by Gasteiger charge is 2.22. The van der Waals surface area contributed by atoms with Crippen LogP contribution >= 0.6 is 0 Å². The summed E-state index contributed by atoms with van der Waals surface area (Å²) >= 11 is 0. The molecule has 2 heterocycles. The van der Waals surface area contributed by atoms with Crippen molar-refractivity contribution in [3.63, 3.8) is 0 Å². The molecule has 0 unspecified atom stereocenters. The van der Waals surface area contributed by atoms with Gasteiger partial charge in [-0.05, 0) is 6.54 Å².